The molecule has 1 unspecified atom stereocenters. The first-order valence-corrected chi connectivity index (χ1v) is 5.02. The van der Waals surface area contributed by atoms with E-state index in [1.165, 1.54) is 0 Å². The van der Waals surface area contributed by atoms with Gasteiger partial charge in [0.2, 0.25) is 5.76 Å². The number of ether oxygens (including phenoxy) is 3. The molecule has 0 bridgehead atoms. The van der Waals surface area contributed by atoms with Crippen LogP contribution in [0, 0.1) is 0 Å². The summed E-state index contributed by atoms with van der Waals surface area (Å²) in [5, 5.41) is 9.33. The molecule has 0 saturated heterocycles. The van der Waals surface area contributed by atoms with Crippen LogP contribution in [-0.4, -0.2) is 36.4 Å². The fourth-order valence-corrected chi connectivity index (χ4v) is 1.31. The van der Waals surface area contributed by atoms with Crippen LogP contribution in [0.5, 0.6) is 0 Å². The van der Waals surface area contributed by atoms with Gasteiger partial charge in [-0.2, -0.15) is 0 Å². The van der Waals surface area contributed by atoms with Gasteiger partial charge in [0.1, 0.15) is 0 Å². The molecule has 1 aliphatic heterocycles. The molecule has 1 N–H and O–H groups in total. The second-order valence-corrected chi connectivity index (χ2v) is 3.05. The van der Waals surface area contributed by atoms with Crippen LogP contribution < -0.4 is 0 Å². The molecule has 90 valence electrons. The summed E-state index contributed by atoms with van der Waals surface area (Å²) in [6.07, 6.45) is -1.04. The molecule has 0 radical (unpaired) electrons. The lowest BCUT2D eigenvalue weighted by molar-refractivity contribution is -0.150. The number of esters is 2. The van der Waals surface area contributed by atoms with E-state index in [1.807, 2.05) is 0 Å². The molecule has 0 fully saturated rings. The molecule has 6 heteroatoms. The molecule has 0 aliphatic carbocycles. The number of carbonyl (C=O) groups excluding carboxylic acids is 2. The first-order chi connectivity index (χ1) is 7.60. The third-order valence-electron chi connectivity index (χ3n) is 1.93. The van der Waals surface area contributed by atoms with E-state index in [2.05, 4.69) is 0 Å². The smallest absolute Gasteiger partial charge is 0.377 e. The fourth-order valence-electron chi connectivity index (χ4n) is 1.31. The van der Waals surface area contributed by atoms with E-state index in [1.54, 1.807) is 13.8 Å². The monoisotopic (exact) mass is 230 g/mol. The number of carbonyl (C=O) groups is 2. The van der Waals surface area contributed by atoms with Crippen molar-refractivity contribution in [1.29, 1.82) is 0 Å². The second kappa shape index (κ2) is 5.39. The van der Waals surface area contributed by atoms with Crippen LogP contribution in [0.3, 0.4) is 0 Å². The quantitative estimate of drug-likeness (QED) is 0.699. The number of aliphatic hydroxyl groups is 1. The van der Waals surface area contributed by atoms with Gasteiger partial charge in [-0.15, -0.1) is 0 Å². The highest BCUT2D eigenvalue weighted by Crippen LogP contribution is 2.24. The Morgan fingerprint density at radius 2 is 2.12 bits per heavy atom. The van der Waals surface area contributed by atoms with Gasteiger partial charge in [0.25, 0.3) is 0 Å². The maximum atomic E-state index is 11.2. The molecule has 0 amide bonds. The van der Waals surface area contributed by atoms with Gasteiger partial charge in [0.15, 0.2) is 11.9 Å². The molecular weight excluding hydrogens is 216 g/mol. The molecule has 1 aliphatic rings. The highest BCUT2D eigenvalue weighted by atomic mass is 16.6. The molecule has 1 rings (SSSR count). The number of hydrogen-bond acceptors (Lipinski definition) is 6. The summed E-state index contributed by atoms with van der Waals surface area (Å²) < 4.78 is 14.5. The van der Waals surface area contributed by atoms with E-state index < -0.39 is 23.8 Å². The highest BCUT2D eigenvalue weighted by molar-refractivity contribution is 5.89. The van der Waals surface area contributed by atoms with E-state index in [0.717, 1.165) is 0 Å². The summed E-state index contributed by atoms with van der Waals surface area (Å²) in [5.74, 6) is -1.96. The van der Waals surface area contributed by atoms with Gasteiger partial charge in [0, 0.05) is 0 Å². The van der Waals surface area contributed by atoms with Gasteiger partial charge in [-0.1, -0.05) is 0 Å². The average Bonchev–Trinajstić information content (AvgIpc) is 2.47. The zero-order valence-corrected chi connectivity index (χ0v) is 9.19. The zero-order valence-electron chi connectivity index (χ0n) is 9.19. The fraction of sp³-hybridized carbons (Fsp3) is 0.600. The van der Waals surface area contributed by atoms with Crippen molar-refractivity contribution >= 4 is 11.9 Å². The average molecular weight is 230 g/mol. The normalized spacial score (nSPS) is 19.6. The van der Waals surface area contributed by atoms with Crippen molar-refractivity contribution in [2.24, 2.45) is 0 Å². The predicted octanol–water partition coefficient (Wildman–Crippen LogP) is 0.671. The second-order valence-electron chi connectivity index (χ2n) is 3.05. The Hall–Kier alpha value is -1.72. The van der Waals surface area contributed by atoms with Crippen molar-refractivity contribution in [3.8, 4) is 0 Å². The molecule has 0 aromatic heterocycles. The number of cyclic esters (lactones) is 1. The van der Waals surface area contributed by atoms with Crippen LogP contribution in [0.4, 0.5) is 0 Å². The van der Waals surface area contributed by atoms with Crippen molar-refractivity contribution in [1.82, 2.24) is 0 Å². The highest BCUT2D eigenvalue weighted by Gasteiger charge is 2.37. The number of rotatable bonds is 5. The molecular formula is C10H14O6. The van der Waals surface area contributed by atoms with Gasteiger partial charge in [0.05, 0.1) is 19.6 Å². The molecule has 1 atom stereocenters. The molecule has 0 saturated carbocycles. The molecule has 1 heterocycles. The van der Waals surface area contributed by atoms with E-state index in [0.29, 0.717) is 0 Å². The third kappa shape index (κ3) is 2.65. The van der Waals surface area contributed by atoms with Gasteiger partial charge in [-0.3, -0.25) is 4.79 Å². The van der Waals surface area contributed by atoms with E-state index in [-0.39, 0.29) is 25.4 Å². The van der Waals surface area contributed by atoms with Crippen molar-refractivity contribution in [2.75, 3.05) is 13.2 Å². The first kappa shape index (κ1) is 12.4. The predicted molar refractivity (Wildman–Crippen MR) is 52.4 cm³/mol. The van der Waals surface area contributed by atoms with Crippen molar-refractivity contribution in [2.45, 2.75) is 26.4 Å². The maximum Gasteiger partial charge on any atom is 0.377 e. The largest absolute Gasteiger partial charge is 0.499 e. The van der Waals surface area contributed by atoms with Crippen LogP contribution >= 0.6 is 0 Å². The minimum absolute atomic E-state index is 0.000512. The Bertz CT molecular complexity index is 319. The molecule has 0 aromatic rings. The Kier molecular flexibility index (Phi) is 4.16. The molecule has 0 spiro atoms. The van der Waals surface area contributed by atoms with Gasteiger partial charge >= 0.3 is 11.9 Å². The molecule has 0 aromatic carbocycles. The number of aliphatic hydroxyl groups excluding tert-OH is 1. The maximum absolute atomic E-state index is 11.2. The van der Waals surface area contributed by atoms with Crippen LogP contribution in [0.15, 0.2) is 11.5 Å². The zero-order chi connectivity index (χ0) is 12.1. The van der Waals surface area contributed by atoms with Crippen LogP contribution in [-0.2, 0) is 23.8 Å². The lowest BCUT2D eigenvalue weighted by atomic mass is 10.2. The molecule has 6 nitrogen and oxygen atoms in total. The standard InChI is InChI=1S/C10H14O6/c1-3-14-7(11)5-6-9(15-4-2)8(12)10(13)16-6/h6,12H,3-5H2,1-2H3. The van der Waals surface area contributed by atoms with Crippen LogP contribution in [0.1, 0.15) is 20.3 Å². The van der Waals surface area contributed by atoms with Crippen molar-refractivity contribution < 1.29 is 28.9 Å². The van der Waals surface area contributed by atoms with Crippen molar-refractivity contribution in [3.63, 3.8) is 0 Å². The lowest BCUT2D eigenvalue weighted by Crippen LogP contribution is -2.20. The van der Waals surface area contributed by atoms with E-state index in [4.69, 9.17) is 14.2 Å². The summed E-state index contributed by atoms with van der Waals surface area (Å²) in [5.41, 5.74) is 0. The van der Waals surface area contributed by atoms with Crippen LogP contribution in [0.2, 0.25) is 0 Å². The Balaban J connectivity index is 2.67. The first-order valence-electron chi connectivity index (χ1n) is 5.02. The summed E-state index contributed by atoms with van der Waals surface area (Å²) in [6, 6.07) is 0. The number of hydrogen-bond donors (Lipinski definition) is 1. The third-order valence-corrected chi connectivity index (χ3v) is 1.93. The minimum atomic E-state index is -0.883. The molecule has 16 heavy (non-hydrogen) atoms. The lowest BCUT2D eigenvalue weighted by Gasteiger charge is -2.12. The topological polar surface area (TPSA) is 82.1 Å². The van der Waals surface area contributed by atoms with E-state index >= 15 is 0 Å². The minimum Gasteiger partial charge on any atom is -0.499 e. The Labute approximate surface area is 92.8 Å². The van der Waals surface area contributed by atoms with E-state index in [9.17, 15) is 14.7 Å². The Morgan fingerprint density at radius 3 is 2.69 bits per heavy atom. The van der Waals surface area contributed by atoms with Gasteiger partial charge in [-0.05, 0) is 13.8 Å². The van der Waals surface area contributed by atoms with Crippen molar-refractivity contribution in [3.05, 3.63) is 11.5 Å². The SMILES string of the molecule is CCOC(=O)CC1OC(=O)C(O)=C1OCC. The summed E-state index contributed by atoms with van der Waals surface area (Å²) >= 11 is 0. The van der Waals surface area contributed by atoms with Crippen LogP contribution in [0.25, 0.3) is 0 Å². The van der Waals surface area contributed by atoms with Gasteiger partial charge < -0.3 is 19.3 Å². The summed E-state index contributed by atoms with van der Waals surface area (Å²) in [4.78, 5) is 22.2. The summed E-state index contributed by atoms with van der Waals surface area (Å²) in [7, 11) is 0. The summed E-state index contributed by atoms with van der Waals surface area (Å²) in [6.45, 7) is 3.90. The Morgan fingerprint density at radius 1 is 1.44 bits per heavy atom. The van der Waals surface area contributed by atoms with Gasteiger partial charge in [-0.25, -0.2) is 4.79 Å².